The zero-order chi connectivity index (χ0) is 15.3. The number of aromatic nitrogens is 1. The third kappa shape index (κ3) is 1.62. The number of fused-ring (bicyclic) bond motifs is 2. The molecular formula is C16H15NO5. The molecule has 0 saturated heterocycles. The number of hydrogen-bond acceptors (Lipinski definition) is 6. The monoisotopic (exact) mass is 301 g/mol. The SMILES string of the molecule is COCOc1cccc2c1-c1noc3c1[C@](O)(CCC3)C2=O. The van der Waals surface area contributed by atoms with E-state index in [1.54, 1.807) is 18.2 Å². The highest BCUT2D eigenvalue weighted by Crippen LogP contribution is 2.50. The summed E-state index contributed by atoms with van der Waals surface area (Å²) in [6.45, 7) is 0.0644. The fourth-order valence-corrected chi connectivity index (χ4v) is 3.38. The molecule has 0 unspecified atom stereocenters. The van der Waals surface area contributed by atoms with Crippen molar-refractivity contribution in [2.45, 2.75) is 24.9 Å². The second-order valence-electron chi connectivity index (χ2n) is 5.60. The molecule has 0 radical (unpaired) electrons. The summed E-state index contributed by atoms with van der Waals surface area (Å²) in [6.07, 6.45) is 1.75. The summed E-state index contributed by atoms with van der Waals surface area (Å²) in [5.74, 6) is 0.766. The number of carbonyl (C=O) groups excluding carboxylic acids is 1. The van der Waals surface area contributed by atoms with E-state index in [0.29, 0.717) is 53.2 Å². The van der Waals surface area contributed by atoms with Crippen LogP contribution in [0.15, 0.2) is 22.7 Å². The van der Waals surface area contributed by atoms with E-state index >= 15 is 0 Å². The van der Waals surface area contributed by atoms with Crippen LogP contribution in [0, 0.1) is 0 Å². The predicted octanol–water partition coefficient (Wildman–Crippen LogP) is 2.04. The van der Waals surface area contributed by atoms with E-state index in [4.69, 9.17) is 14.0 Å². The molecule has 0 bridgehead atoms. The van der Waals surface area contributed by atoms with Gasteiger partial charge in [-0.1, -0.05) is 17.3 Å². The maximum atomic E-state index is 12.8. The van der Waals surface area contributed by atoms with Crippen molar-refractivity contribution < 1.29 is 23.9 Å². The minimum absolute atomic E-state index is 0.0644. The van der Waals surface area contributed by atoms with Crippen molar-refractivity contribution in [3.8, 4) is 17.0 Å². The van der Waals surface area contributed by atoms with E-state index in [1.165, 1.54) is 7.11 Å². The molecule has 1 atom stereocenters. The van der Waals surface area contributed by atoms with Crippen LogP contribution in [0.25, 0.3) is 11.3 Å². The summed E-state index contributed by atoms with van der Waals surface area (Å²) in [7, 11) is 1.53. The Kier molecular flexibility index (Phi) is 2.85. The zero-order valence-corrected chi connectivity index (χ0v) is 12.1. The standard InChI is InChI=1S/C16H15NO5/c1-20-8-21-10-5-2-4-9-12(10)14-13-11(22-17-14)6-3-7-16(13,19)15(9)18/h2,4-5,19H,3,6-8H2,1H3/t16-/m1/s1. The summed E-state index contributed by atoms with van der Waals surface area (Å²) in [4.78, 5) is 12.8. The van der Waals surface area contributed by atoms with Gasteiger partial charge in [-0.2, -0.15) is 0 Å². The predicted molar refractivity (Wildman–Crippen MR) is 75.6 cm³/mol. The number of aryl methyl sites for hydroxylation is 1. The minimum Gasteiger partial charge on any atom is -0.467 e. The van der Waals surface area contributed by atoms with Gasteiger partial charge < -0.3 is 19.1 Å². The molecule has 0 aliphatic heterocycles. The Labute approximate surface area is 126 Å². The summed E-state index contributed by atoms with van der Waals surface area (Å²) < 4.78 is 15.8. The Morgan fingerprint density at radius 3 is 3.14 bits per heavy atom. The van der Waals surface area contributed by atoms with Crippen LogP contribution in [0.4, 0.5) is 0 Å². The smallest absolute Gasteiger partial charge is 0.199 e. The molecule has 1 aromatic carbocycles. The van der Waals surface area contributed by atoms with Gasteiger partial charge in [-0.25, -0.2) is 0 Å². The Hall–Kier alpha value is -2.18. The Morgan fingerprint density at radius 2 is 2.32 bits per heavy atom. The maximum absolute atomic E-state index is 12.8. The molecule has 0 amide bonds. The van der Waals surface area contributed by atoms with E-state index in [2.05, 4.69) is 5.16 Å². The Morgan fingerprint density at radius 1 is 1.45 bits per heavy atom. The number of nitrogens with zero attached hydrogens (tertiary/aromatic N) is 1. The topological polar surface area (TPSA) is 81.8 Å². The highest BCUT2D eigenvalue weighted by atomic mass is 16.7. The van der Waals surface area contributed by atoms with Gasteiger partial charge in [0.2, 0.25) is 0 Å². The van der Waals surface area contributed by atoms with Gasteiger partial charge in [-0.05, 0) is 18.9 Å². The van der Waals surface area contributed by atoms with Gasteiger partial charge >= 0.3 is 0 Å². The molecule has 1 heterocycles. The summed E-state index contributed by atoms with van der Waals surface area (Å²) >= 11 is 0. The van der Waals surface area contributed by atoms with Crippen LogP contribution in [0.5, 0.6) is 5.75 Å². The van der Waals surface area contributed by atoms with E-state index in [1.807, 2.05) is 0 Å². The van der Waals surface area contributed by atoms with E-state index in [-0.39, 0.29) is 12.6 Å². The first kappa shape index (κ1) is 13.5. The van der Waals surface area contributed by atoms with Crippen molar-refractivity contribution in [3.05, 3.63) is 35.1 Å². The van der Waals surface area contributed by atoms with Crippen LogP contribution in [0.2, 0.25) is 0 Å². The molecule has 114 valence electrons. The van der Waals surface area contributed by atoms with E-state index in [0.717, 1.165) is 0 Å². The molecule has 6 nitrogen and oxygen atoms in total. The van der Waals surface area contributed by atoms with Crippen LogP contribution in [0.1, 0.15) is 34.5 Å². The van der Waals surface area contributed by atoms with Gasteiger partial charge in [0.1, 0.15) is 17.2 Å². The third-order valence-corrected chi connectivity index (χ3v) is 4.33. The average molecular weight is 301 g/mol. The number of rotatable bonds is 3. The summed E-state index contributed by atoms with van der Waals surface area (Å²) in [5, 5.41) is 15.0. The van der Waals surface area contributed by atoms with Gasteiger partial charge in [0, 0.05) is 19.1 Å². The largest absolute Gasteiger partial charge is 0.467 e. The van der Waals surface area contributed by atoms with Gasteiger partial charge in [0.05, 0.1) is 11.1 Å². The second-order valence-corrected chi connectivity index (χ2v) is 5.60. The number of ketones is 1. The number of aliphatic hydroxyl groups is 1. The molecule has 4 rings (SSSR count). The molecule has 0 spiro atoms. The molecule has 22 heavy (non-hydrogen) atoms. The number of methoxy groups -OCH3 is 1. The lowest BCUT2D eigenvalue weighted by atomic mass is 9.71. The molecule has 2 aliphatic carbocycles. The first-order chi connectivity index (χ1) is 10.7. The number of Topliss-reactive ketones (excluding diaryl/α,β-unsaturated/α-hetero) is 1. The zero-order valence-electron chi connectivity index (χ0n) is 12.1. The van der Waals surface area contributed by atoms with Crippen LogP contribution in [-0.2, 0) is 16.8 Å². The first-order valence-corrected chi connectivity index (χ1v) is 7.18. The Balaban J connectivity index is 1.98. The van der Waals surface area contributed by atoms with Crippen LogP contribution in [0.3, 0.4) is 0 Å². The molecule has 6 heteroatoms. The maximum Gasteiger partial charge on any atom is 0.199 e. The summed E-state index contributed by atoms with van der Waals surface area (Å²) in [5.41, 5.74) is 0.449. The van der Waals surface area contributed by atoms with Gasteiger partial charge in [0.25, 0.3) is 0 Å². The fraction of sp³-hybridized carbons (Fsp3) is 0.375. The highest BCUT2D eigenvalue weighted by Gasteiger charge is 2.51. The van der Waals surface area contributed by atoms with Crippen LogP contribution >= 0.6 is 0 Å². The lowest BCUT2D eigenvalue weighted by molar-refractivity contribution is 0.0183. The second kappa shape index (κ2) is 4.66. The van der Waals surface area contributed by atoms with Crippen LogP contribution in [-0.4, -0.2) is 29.9 Å². The van der Waals surface area contributed by atoms with Crippen molar-refractivity contribution in [3.63, 3.8) is 0 Å². The minimum atomic E-state index is -1.53. The molecule has 0 fully saturated rings. The normalized spacial score (nSPS) is 22.2. The molecule has 1 N–H and O–H groups in total. The van der Waals surface area contributed by atoms with Gasteiger partial charge in [-0.3, -0.25) is 4.79 Å². The summed E-state index contributed by atoms with van der Waals surface area (Å²) in [6, 6.07) is 5.15. The van der Waals surface area contributed by atoms with Gasteiger partial charge in [0.15, 0.2) is 18.2 Å². The number of ether oxygens (including phenoxy) is 2. The number of hydrogen-bond donors (Lipinski definition) is 1. The molecule has 1 aromatic heterocycles. The van der Waals surface area contributed by atoms with Crippen molar-refractivity contribution in [2.24, 2.45) is 0 Å². The van der Waals surface area contributed by atoms with E-state index < -0.39 is 5.60 Å². The van der Waals surface area contributed by atoms with Crippen LogP contribution < -0.4 is 4.74 Å². The molecular weight excluding hydrogens is 286 g/mol. The van der Waals surface area contributed by atoms with E-state index in [9.17, 15) is 9.90 Å². The van der Waals surface area contributed by atoms with Crippen molar-refractivity contribution in [1.29, 1.82) is 0 Å². The van der Waals surface area contributed by atoms with Crippen molar-refractivity contribution >= 4 is 5.78 Å². The molecule has 2 aromatic rings. The fourth-order valence-electron chi connectivity index (χ4n) is 3.38. The van der Waals surface area contributed by atoms with Crippen molar-refractivity contribution in [2.75, 3.05) is 13.9 Å². The Bertz CT molecular complexity index is 766. The quantitative estimate of drug-likeness (QED) is 0.874. The lowest BCUT2D eigenvalue weighted by Crippen LogP contribution is -2.41. The van der Waals surface area contributed by atoms with Gasteiger partial charge in [-0.15, -0.1) is 0 Å². The number of carbonyl (C=O) groups is 1. The average Bonchev–Trinajstić information content (AvgIpc) is 2.96. The molecule has 2 aliphatic rings. The lowest BCUT2D eigenvalue weighted by Gasteiger charge is -2.34. The highest BCUT2D eigenvalue weighted by molar-refractivity contribution is 6.12. The third-order valence-electron chi connectivity index (χ3n) is 4.33. The number of benzene rings is 1. The first-order valence-electron chi connectivity index (χ1n) is 7.18. The molecule has 0 saturated carbocycles. The van der Waals surface area contributed by atoms with Crippen molar-refractivity contribution in [1.82, 2.24) is 5.16 Å².